The van der Waals surface area contributed by atoms with Gasteiger partial charge in [0.1, 0.15) is 5.02 Å². The summed E-state index contributed by atoms with van der Waals surface area (Å²) in [6.45, 7) is 3.36. The summed E-state index contributed by atoms with van der Waals surface area (Å²) in [5.41, 5.74) is 1.29. The van der Waals surface area contributed by atoms with Gasteiger partial charge in [0.25, 0.3) is 0 Å². The van der Waals surface area contributed by atoms with E-state index in [1.807, 2.05) is 0 Å². The number of nitrogens with zero attached hydrogens (tertiary/aromatic N) is 2. The van der Waals surface area contributed by atoms with Crippen molar-refractivity contribution in [3.05, 3.63) is 46.3 Å². The van der Waals surface area contributed by atoms with Gasteiger partial charge in [0, 0.05) is 5.69 Å². The number of benzene rings is 1. The Kier molecular flexibility index (Phi) is 4.83. The molecule has 0 amide bonds. The lowest BCUT2D eigenvalue weighted by Crippen LogP contribution is -2.24. The molecular weight excluding hydrogens is 333 g/mol. The summed E-state index contributed by atoms with van der Waals surface area (Å²) in [6.07, 6.45) is 1.39. The van der Waals surface area contributed by atoms with Gasteiger partial charge >= 0.3 is 0 Å². The molecule has 0 fully saturated rings. The summed E-state index contributed by atoms with van der Waals surface area (Å²) in [4.78, 5) is 7.78. The highest BCUT2D eigenvalue weighted by molar-refractivity contribution is 7.80. The maximum absolute atomic E-state index is 11.6. The van der Waals surface area contributed by atoms with Gasteiger partial charge < -0.3 is 9.87 Å². The topological polar surface area (TPSA) is 75.1 Å². The van der Waals surface area contributed by atoms with Crippen LogP contribution in [-0.2, 0) is 15.8 Å². The van der Waals surface area contributed by atoms with Crippen LogP contribution in [0.3, 0.4) is 0 Å². The fourth-order valence-corrected chi connectivity index (χ4v) is 2.41. The standard InChI is InChI=1S/C13H13Cl2N3O2S/c1-13(2,21(19)20)8-5-3-4-6-10(8)17-11-9(14)7-16-12(15)18-11/h3-7H,1-2H3,(H,19,20)(H,16,17,18). The fraction of sp³-hybridized carbons (Fsp3) is 0.231. The van der Waals surface area contributed by atoms with Crippen LogP contribution in [0.2, 0.25) is 10.3 Å². The van der Waals surface area contributed by atoms with Gasteiger partial charge in [-0.2, -0.15) is 4.98 Å². The Morgan fingerprint density at radius 3 is 2.62 bits per heavy atom. The van der Waals surface area contributed by atoms with E-state index in [1.54, 1.807) is 38.1 Å². The third kappa shape index (κ3) is 3.52. The number of rotatable bonds is 4. The molecular formula is C13H13Cl2N3O2S. The minimum atomic E-state index is -2.04. The van der Waals surface area contributed by atoms with E-state index >= 15 is 0 Å². The molecule has 0 bridgehead atoms. The summed E-state index contributed by atoms with van der Waals surface area (Å²) >= 11 is 9.74. The Labute approximate surface area is 135 Å². The molecule has 1 atom stereocenters. The molecule has 8 heteroatoms. The first-order chi connectivity index (χ1) is 9.82. The van der Waals surface area contributed by atoms with E-state index in [-0.39, 0.29) is 5.28 Å². The lowest BCUT2D eigenvalue weighted by Gasteiger charge is -2.24. The van der Waals surface area contributed by atoms with Gasteiger partial charge in [-0.3, -0.25) is 0 Å². The van der Waals surface area contributed by atoms with Crippen molar-refractivity contribution in [3.63, 3.8) is 0 Å². The zero-order valence-electron chi connectivity index (χ0n) is 11.3. The number of halogens is 2. The first-order valence-corrected chi connectivity index (χ1v) is 7.84. The van der Waals surface area contributed by atoms with Crippen LogP contribution in [-0.4, -0.2) is 18.7 Å². The highest BCUT2D eigenvalue weighted by Crippen LogP contribution is 2.34. The van der Waals surface area contributed by atoms with E-state index in [2.05, 4.69) is 15.3 Å². The molecule has 1 aromatic carbocycles. The number of para-hydroxylation sites is 1. The molecule has 0 saturated carbocycles. The third-order valence-corrected chi connectivity index (χ3v) is 4.53. The van der Waals surface area contributed by atoms with Crippen LogP contribution in [0, 0.1) is 0 Å². The van der Waals surface area contributed by atoms with Gasteiger partial charge in [-0.25, -0.2) is 9.19 Å². The van der Waals surface area contributed by atoms with E-state index in [0.717, 1.165) is 0 Å². The second-order valence-corrected chi connectivity index (χ2v) is 7.03. The Hall–Kier alpha value is -1.21. The van der Waals surface area contributed by atoms with Crippen molar-refractivity contribution in [2.75, 3.05) is 5.32 Å². The molecule has 0 radical (unpaired) electrons. The summed E-state index contributed by atoms with van der Waals surface area (Å²) in [5, 5.41) is 3.39. The van der Waals surface area contributed by atoms with E-state index in [4.69, 9.17) is 23.2 Å². The van der Waals surface area contributed by atoms with Crippen LogP contribution in [0.5, 0.6) is 0 Å². The van der Waals surface area contributed by atoms with Gasteiger partial charge in [-0.05, 0) is 37.1 Å². The third-order valence-electron chi connectivity index (χ3n) is 2.98. The summed E-state index contributed by atoms with van der Waals surface area (Å²) in [7, 11) is 0. The fourth-order valence-electron chi connectivity index (χ4n) is 1.77. The molecule has 2 aromatic rings. The predicted molar refractivity (Wildman–Crippen MR) is 85.6 cm³/mol. The number of nitrogens with one attached hydrogen (secondary N) is 1. The zero-order valence-corrected chi connectivity index (χ0v) is 13.6. The zero-order chi connectivity index (χ0) is 15.6. The first-order valence-electron chi connectivity index (χ1n) is 5.98. The number of hydrogen-bond donors (Lipinski definition) is 2. The van der Waals surface area contributed by atoms with Crippen LogP contribution < -0.4 is 5.32 Å². The monoisotopic (exact) mass is 345 g/mol. The summed E-state index contributed by atoms with van der Waals surface area (Å²) in [6, 6.07) is 7.14. The van der Waals surface area contributed by atoms with Crippen LogP contribution in [0.4, 0.5) is 11.5 Å². The lowest BCUT2D eigenvalue weighted by molar-refractivity contribution is 0.523. The van der Waals surface area contributed by atoms with Crippen LogP contribution in [0.15, 0.2) is 30.5 Å². The number of aromatic nitrogens is 2. The Morgan fingerprint density at radius 2 is 1.95 bits per heavy atom. The van der Waals surface area contributed by atoms with Crippen LogP contribution >= 0.6 is 23.2 Å². The Morgan fingerprint density at radius 1 is 1.29 bits per heavy atom. The second-order valence-electron chi connectivity index (χ2n) is 4.77. The second kappa shape index (κ2) is 6.27. The van der Waals surface area contributed by atoms with Gasteiger partial charge in [0.2, 0.25) is 5.28 Å². The maximum Gasteiger partial charge on any atom is 0.224 e. The predicted octanol–water partition coefficient (Wildman–Crippen LogP) is 3.98. The minimum absolute atomic E-state index is 0.0596. The first kappa shape index (κ1) is 16.2. The van der Waals surface area contributed by atoms with Crippen molar-refractivity contribution in [2.45, 2.75) is 18.6 Å². The molecule has 2 rings (SSSR count). The van der Waals surface area contributed by atoms with E-state index in [1.165, 1.54) is 6.20 Å². The average molecular weight is 346 g/mol. The Bertz CT molecular complexity index is 695. The highest BCUT2D eigenvalue weighted by Gasteiger charge is 2.30. The van der Waals surface area contributed by atoms with Crippen molar-refractivity contribution in [1.82, 2.24) is 9.97 Å². The Balaban J connectivity index is 2.46. The maximum atomic E-state index is 11.6. The summed E-state index contributed by atoms with van der Waals surface area (Å²) < 4.78 is 20.1. The molecule has 0 spiro atoms. The van der Waals surface area contributed by atoms with Gasteiger partial charge in [-0.1, -0.05) is 29.8 Å². The van der Waals surface area contributed by atoms with Gasteiger partial charge in [0.15, 0.2) is 16.9 Å². The lowest BCUT2D eigenvalue weighted by atomic mass is 10.00. The van der Waals surface area contributed by atoms with Gasteiger partial charge in [0.05, 0.1) is 10.9 Å². The molecule has 0 aliphatic rings. The van der Waals surface area contributed by atoms with Crippen LogP contribution in [0.25, 0.3) is 0 Å². The van der Waals surface area contributed by atoms with Crippen molar-refractivity contribution in [3.8, 4) is 0 Å². The van der Waals surface area contributed by atoms with Crippen molar-refractivity contribution >= 4 is 45.8 Å². The molecule has 1 aromatic heterocycles. The highest BCUT2D eigenvalue weighted by atomic mass is 35.5. The van der Waals surface area contributed by atoms with Gasteiger partial charge in [-0.15, -0.1) is 0 Å². The summed E-state index contributed by atoms with van der Waals surface area (Å²) in [5.74, 6) is 0.337. The number of hydrogen-bond acceptors (Lipinski definition) is 4. The number of anilines is 2. The van der Waals surface area contributed by atoms with Crippen LogP contribution in [0.1, 0.15) is 19.4 Å². The smallest absolute Gasteiger partial charge is 0.224 e. The molecule has 0 aliphatic heterocycles. The van der Waals surface area contributed by atoms with E-state index in [0.29, 0.717) is 22.1 Å². The quantitative estimate of drug-likeness (QED) is 0.647. The van der Waals surface area contributed by atoms with Crippen molar-refractivity contribution < 1.29 is 8.76 Å². The molecule has 0 saturated heterocycles. The van der Waals surface area contributed by atoms with Crippen molar-refractivity contribution in [1.29, 1.82) is 0 Å². The normalized spacial score (nSPS) is 13.0. The molecule has 2 N–H and O–H groups in total. The molecule has 1 unspecified atom stereocenters. The average Bonchev–Trinajstić information content (AvgIpc) is 2.43. The molecule has 1 heterocycles. The minimum Gasteiger partial charge on any atom is -0.339 e. The molecule has 112 valence electrons. The van der Waals surface area contributed by atoms with Crippen molar-refractivity contribution in [2.24, 2.45) is 0 Å². The molecule has 0 aliphatic carbocycles. The van der Waals surface area contributed by atoms with E-state index in [9.17, 15) is 8.76 Å². The molecule has 5 nitrogen and oxygen atoms in total. The largest absolute Gasteiger partial charge is 0.339 e. The molecule has 21 heavy (non-hydrogen) atoms. The SMILES string of the molecule is CC(C)(c1ccccc1Nc1nc(Cl)ncc1Cl)S(=O)O. The van der Waals surface area contributed by atoms with E-state index < -0.39 is 15.8 Å².